The van der Waals surface area contributed by atoms with Gasteiger partial charge in [-0.25, -0.2) is 9.37 Å². The Morgan fingerprint density at radius 2 is 2.05 bits per heavy atom. The van der Waals surface area contributed by atoms with Crippen LogP contribution in [0, 0.1) is 11.7 Å². The summed E-state index contributed by atoms with van der Waals surface area (Å²) in [6, 6.07) is 2.41. The number of hydrogen-bond acceptors (Lipinski definition) is 3. The molecule has 1 aromatic rings. The van der Waals surface area contributed by atoms with Crippen molar-refractivity contribution in [3.63, 3.8) is 0 Å². The van der Waals surface area contributed by atoms with E-state index in [0.29, 0.717) is 18.4 Å². The van der Waals surface area contributed by atoms with E-state index in [0.717, 1.165) is 24.6 Å². The molecule has 2 aliphatic rings. The minimum Gasteiger partial charge on any atom is -0.354 e. The van der Waals surface area contributed by atoms with Gasteiger partial charge in [0.2, 0.25) is 0 Å². The van der Waals surface area contributed by atoms with Gasteiger partial charge in [0.1, 0.15) is 0 Å². The molecule has 0 bridgehead atoms. The molecule has 3 nitrogen and oxygen atoms in total. The molecule has 3 rings (SSSR count). The summed E-state index contributed by atoms with van der Waals surface area (Å²) in [7, 11) is 0. The zero-order valence-corrected chi connectivity index (χ0v) is 12.9. The highest BCUT2D eigenvalue weighted by Gasteiger charge is 2.24. The average molecular weight is 291 g/mol. The van der Waals surface area contributed by atoms with Crippen LogP contribution in [0.3, 0.4) is 0 Å². The summed E-state index contributed by atoms with van der Waals surface area (Å²) in [6.45, 7) is 4.74. The van der Waals surface area contributed by atoms with Crippen LogP contribution in [-0.4, -0.2) is 24.1 Å². The summed E-state index contributed by atoms with van der Waals surface area (Å²) in [5.41, 5.74) is 0.752. The summed E-state index contributed by atoms with van der Waals surface area (Å²) >= 11 is 0. The minimum absolute atomic E-state index is 0.125. The highest BCUT2D eigenvalue weighted by Crippen LogP contribution is 2.28. The first-order valence-electron chi connectivity index (χ1n) is 8.39. The first-order valence-corrected chi connectivity index (χ1v) is 8.39. The second kappa shape index (κ2) is 6.73. The fourth-order valence-corrected chi connectivity index (χ4v) is 3.21. The van der Waals surface area contributed by atoms with Crippen molar-refractivity contribution >= 4 is 5.82 Å². The maximum absolute atomic E-state index is 14.6. The Labute approximate surface area is 126 Å². The number of halogens is 1. The number of nitrogens with one attached hydrogen (secondary N) is 1. The summed E-state index contributed by atoms with van der Waals surface area (Å²) in [6.07, 6.45) is 9.09. The van der Waals surface area contributed by atoms with Gasteiger partial charge in [0.15, 0.2) is 11.6 Å². The van der Waals surface area contributed by atoms with Gasteiger partial charge in [-0.05, 0) is 37.7 Å². The Hall–Kier alpha value is -1.16. The number of nitrogens with zero attached hydrogens (tertiary/aromatic N) is 2. The maximum Gasteiger partial charge on any atom is 0.170 e. The van der Waals surface area contributed by atoms with Crippen LogP contribution >= 0.6 is 0 Å². The first kappa shape index (κ1) is 14.8. The van der Waals surface area contributed by atoms with Gasteiger partial charge < -0.3 is 10.2 Å². The van der Waals surface area contributed by atoms with Crippen molar-refractivity contribution < 1.29 is 4.39 Å². The van der Waals surface area contributed by atoms with Crippen LogP contribution in [0.4, 0.5) is 10.2 Å². The van der Waals surface area contributed by atoms with Crippen LogP contribution in [0.1, 0.15) is 51.0 Å². The number of piperidine rings is 1. The highest BCUT2D eigenvalue weighted by molar-refractivity contribution is 5.43. The minimum atomic E-state index is -0.125. The lowest BCUT2D eigenvalue weighted by molar-refractivity contribution is 0.375. The van der Waals surface area contributed by atoms with Crippen LogP contribution in [0.5, 0.6) is 0 Å². The molecule has 21 heavy (non-hydrogen) atoms. The molecule has 1 N–H and O–H groups in total. The number of rotatable bonds is 6. The summed E-state index contributed by atoms with van der Waals surface area (Å²) in [5, 5.41) is 3.38. The lowest BCUT2D eigenvalue weighted by atomic mass is 9.92. The average Bonchev–Trinajstić information content (AvgIpc) is 3.32. The topological polar surface area (TPSA) is 28.2 Å². The molecule has 1 aromatic heterocycles. The molecule has 0 unspecified atom stereocenters. The Morgan fingerprint density at radius 1 is 1.29 bits per heavy atom. The third-order valence-corrected chi connectivity index (χ3v) is 4.72. The van der Waals surface area contributed by atoms with E-state index >= 15 is 0 Å². The Morgan fingerprint density at radius 3 is 2.71 bits per heavy atom. The van der Waals surface area contributed by atoms with Crippen LogP contribution in [0.15, 0.2) is 12.3 Å². The van der Waals surface area contributed by atoms with Crippen LogP contribution < -0.4 is 10.2 Å². The van der Waals surface area contributed by atoms with Crippen LogP contribution in [-0.2, 0) is 6.54 Å². The van der Waals surface area contributed by atoms with Gasteiger partial charge in [-0.2, -0.15) is 0 Å². The number of aromatic nitrogens is 1. The first-order chi connectivity index (χ1) is 10.3. The van der Waals surface area contributed by atoms with Crippen molar-refractivity contribution in [2.24, 2.45) is 5.92 Å². The Bertz CT molecular complexity index is 465. The number of hydrogen-bond donors (Lipinski definition) is 1. The largest absolute Gasteiger partial charge is 0.354 e. The van der Waals surface area contributed by atoms with Gasteiger partial charge in [-0.3, -0.25) is 0 Å². The molecular formula is C17H26FN3. The lowest BCUT2D eigenvalue weighted by Crippen LogP contribution is -2.35. The van der Waals surface area contributed by atoms with E-state index in [4.69, 9.17) is 0 Å². The molecule has 0 aromatic carbocycles. The molecule has 0 amide bonds. The molecule has 4 heteroatoms. The molecule has 0 radical (unpaired) electrons. The molecule has 2 fully saturated rings. The van der Waals surface area contributed by atoms with Crippen molar-refractivity contribution in [3.8, 4) is 0 Å². The fourth-order valence-electron chi connectivity index (χ4n) is 3.21. The maximum atomic E-state index is 14.6. The van der Waals surface area contributed by atoms with Crippen LogP contribution in [0.2, 0.25) is 0 Å². The van der Waals surface area contributed by atoms with E-state index in [2.05, 4.69) is 22.1 Å². The Kier molecular flexibility index (Phi) is 4.73. The molecular weight excluding hydrogens is 265 g/mol. The highest BCUT2D eigenvalue weighted by atomic mass is 19.1. The normalized spacial score (nSPS) is 20.0. The van der Waals surface area contributed by atoms with Crippen molar-refractivity contribution in [2.75, 3.05) is 18.0 Å². The summed E-state index contributed by atoms with van der Waals surface area (Å²) in [5.74, 6) is 1.24. The van der Waals surface area contributed by atoms with Gasteiger partial charge in [0.05, 0.1) is 0 Å². The second-order valence-electron chi connectivity index (χ2n) is 6.48. The number of anilines is 1. The van der Waals surface area contributed by atoms with Crippen molar-refractivity contribution in [1.82, 2.24) is 10.3 Å². The van der Waals surface area contributed by atoms with Gasteiger partial charge in [-0.1, -0.05) is 19.8 Å². The monoisotopic (exact) mass is 291 g/mol. The molecule has 1 saturated carbocycles. The van der Waals surface area contributed by atoms with Crippen LogP contribution in [0.25, 0.3) is 0 Å². The molecule has 0 atom stereocenters. The SMILES string of the molecule is CCCC1CCN(c2nccc(CNC3CC3)c2F)CC1. The fraction of sp³-hybridized carbons (Fsp3) is 0.706. The molecule has 1 aliphatic heterocycles. The quantitative estimate of drug-likeness (QED) is 0.869. The van der Waals surface area contributed by atoms with Gasteiger partial charge in [0, 0.05) is 37.4 Å². The zero-order chi connectivity index (χ0) is 14.7. The predicted molar refractivity (Wildman–Crippen MR) is 83.9 cm³/mol. The van der Waals surface area contributed by atoms with E-state index in [1.807, 2.05) is 0 Å². The standard InChI is InChI=1S/C17H26FN3/c1-2-3-13-7-10-21(11-8-13)17-16(18)14(6-9-19-17)12-20-15-4-5-15/h6,9,13,15,20H,2-5,7-8,10-12H2,1H3. The van der Waals surface area contributed by atoms with E-state index in [1.54, 1.807) is 12.3 Å². The predicted octanol–water partition coefficient (Wildman–Crippen LogP) is 3.49. The van der Waals surface area contributed by atoms with E-state index in [-0.39, 0.29) is 5.82 Å². The zero-order valence-electron chi connectivity index (χ0n) is 12.9. The molecule has 1 saturated heterocycles. The molecule has 1 aliphatic carbocycles. The van der Waals surface area contributed by atoms with E-state index in [1.165, 1.54) is 38.5 Å². The van der Waals surface area contributed by atoms with Gasteiger partial charge >= 0.3 is 0 Å². The van der Waals surface area contributed by atoms with Gasteiger partial charge in [0.25, 0.3) is 0 Å². The number of pyridine rings is 1. The van der Waals surface area contributed by atoms with Crippen molar-refractivity contribution in [3.05, 3.63) is 23.6 Å². The third-order valence-electron chi connectivity index (χ3n) is 4.72. The van der Waals surface area contributed by atoms with Crippen molar-refractivity contribution in [2.45, 2.75) is 58.0 Å². The van der Waals surface area contributed by atoms with Gasteiger partial charge in [-0.15, -0.1) is 0 Å². The molecule has 2 heterocycles. The van der Waals surface area contributed by atoms with E-state index < -0.39 is 0 Å². The third kappa shape index (κ3) is 3.73. The smallest absolute Gasteiger partial charge is 0.170 e. The second-order valence-corrected chi connectivity index (χ2v) is 6.48. The lowest BCUT2D eigenvalue weighted by Gasteiger charge is -2.33. The van der Waals surface area contributed by atoms with Crippen molar-refractivity contribution in [1.29, 1.82) is 0 Å². The van der Waals surface area contributed by atoms with E-state index in [9.17, 15) is 4.39 Å². The summed E-state index contributed by atoms with van der Waals surface area (Å²) in [4.78, 5) is 6.43. The Balaban J connectivity index is 1.63. The molecule has 0 spiro atoms. The summed E-state index contributed by atoms with van der Waals surface area (Å²) < 4.78 is 14.6. The molecule has 116 valence electrons.